The first-order valence-corrected chi connectivity index (χ1v) is 8.99. The summed E-state index contributed by atoms with van der Waals surface area (Å²) in [5.41, 5.74) is 2.25. The Morgan fingerprint density at radius 2 is 1.78 bits per heavy atom. The van der Waals surface area contributed by atoms with Gasteiger partial charge in [0.05, 0.1) is 4.92 Å². The molecule has 0 saturated heterocycles. The van der Waals surface area contributed by atoms with Crippen molar-refractivity contribution in [3.05, 3.63) is 63.7 Å². The Morgan fingerprint density at radius 1 is 1.15 bits per heavy atom. The van der Waals surface area contributed by atoms with Crippen molar-refractivity contribution in [3.63, 3.8) is 0 Å². The molecule has 0 radical (unpaired) electrons. The van der Waals surface area contributed by atoms with Crippen LogP contribution in [0.25, 0.3) is 0 Å². The zero-order chi connectivity index (χ0) is 20.0. The van der Waals surface area contributed by atoms with Gasteiger partial charge in [0.25, 0.3) is 11.6 Å². The maximum absolute atomic E-state index is 12.4. The monoisotopic (exact) mass is 386 g/mol. The van der Waals surface area contributed by atoms with Crippen molar-refractivity contribution in [3.8, 4) is 0 Å². The number of nitrogens with zero attached hydrogens (tertiary/aromatic N) is 2. The van der Waals surface area contributed by atoms with Crippen LogP contribution in [-0.2, 0) is 0 Å². The Bertz CT molecular complexity index is 849. The molecule has 0 bridgehead atoms. The van der Waals surface area contributed by atoms with Crippen LogP contribution in [0, 0.1) is 17.0 Å². The number of thiocarbonyl (C=S) groups is 1. The van der Waals surface area contributed by atoms with E-state index in [1.165, 1.54) is 25.1 Å². The Balaban J connectivity index is 2.04. The summed E-state index contributed by atoms with van der Waals surface area (Å²) in [6, 6.07) is 12.1. The zero-order valence-electron chi connectivity index (χ0n) is 15.5. The molecule has 8 heteroatoms. The molecule has 0 heterocycles. The van der Waals surface area contributed by atoms with Gasteiger partial charge in [0.2, 0.25) is 0 Å². The van der Waals surface area contributed by atoms with Gasteiger partial charge < -0.3 is 10.2 Å². The molecule has 2 rings (SSSR count). The zero-order valence-corrected chi connectivity index (χ0v) is 16.3. The van der Waals surface area contributed by atoms with Crippen LogP contribution in [0.15, 0.2) is 42.5 Å². The lowest BCUT2D eigenvalue weighted by Crippen LogP contribution is -2.34. The molecule has 0 aliphatic carbocycles. The van der Waals surface area contributed by atoms with Gasteiger partial charge in [0.1, 0.15) is 0 Å². The summed E-state index contributed by atoms with van der Waals surface area (Å²) in [4.78, 5) is 25.1. The van der Waals surface area contributed by atoms with Crippen LogP contribution in [0.4, 0.5) is 17.1 Å². The van der Waals surface area contributed by atoms with Crippen LogP contribution in [0.3, 0.4) is 0 Å². The Hall–Kier alpha value is -3.00. The van der Waals surface area contributed by atoms with Crippen LogP contribution in [-0.4, -0.2) is 29.0 Å². The number of anilines is 2. The molecule has 1 amide bonds. The van der Waals surface area contributed by atoms with Crippen molar-refractivity contribution >= 4 is 40.3 Å². The average Bonchev–Trinajstić information content (AvgIpc) is 2.63. The summed E-state index contributed by atoms with van der Waals surface area (Å²) in [5, 5.41) is 16.6. The minimum atomic E-state index is -0.514. The van der Waals surface area contributed by atoms with Crippen molar-refractivity contribution in [2.45, 2.75) is 20.8 Å². The second-order valence-electron chi connectivity index (χ2n) is 5.83. The molecule has 2 aromatic rings. The van der Waals surface area contributed by atoms with Gasteiger partial charge in [-0.05, 0) is 63.3 Å². The maximum atomic E-state index is 12.4. The maximum Gasteiger partial charge on any atom is 0.273 e. The molecule has 2 N–H and O–H groups in total. The number of carbonyl (C=O) groups is 1. The van der Waals surface area contributed by atoms with Gasteiger partial charge >= 0.3 is 0 Å². The third kappa shape index (κ3) is 5.01. The average molecular weight is 386 g/mol. The van der Waals surface area contributed by atoms with E-state index in [1.54, 1.807) is 0 Å². The first-order valence-electron chi connectivity index (χ1n) is 8.58. The van der Waals surface area contributed by atoms with Crippen molar-refractivity contribution in [1.29, 1.82) is 0 Å². The standard InChI is InChI=1S/C19H22N4O3S/c1-4-22(5-2)15-11-9-14(10-12-15)20-19(27)21-18(24)16-7-6-8-17(13(16)3)23(25)26/h6-12H,4-5H2,1-3H3,(H2,20,21,24,27). The van der Waals surface area contributed by atoms with E-state index in [4.69, 9.17) is 12.2 Å². The Kier molecular flexibility index (Phi) is 6.84. The first kappa shape index (κ1) is 20.3. The largest absolute Gasteiger partial charge is 0.372 e. The minimum Gasteiger partial charge on any atom is -0.372 e. The number of hydrogen-bond donors (Lipinski definition) is 2. The smallest absolute Gasteiger partial charge is 0.273 e. The molecular formula is C19H22N4O3S. The van der Waals surface area contributed by atoms with Crippen molar-refractivity contribution < 1.29 is 9.72 Å². The topological polar surface area (TPSA) is 87.5 Å². The summed E-state index contributed by atoms with van der Waals surface area (Å²) in [6.07, 6.45) is 0. The van der Waals surface area contributed by atoms with E-state index < -0.39 is 10.8 Å². The van der Waals surface area contributed by atoms with Gasteiger partial charge in [0.15, 0.2) is 5.11 Å². The van der Waals surface area contributed by atoms with Gasteiger partial charge in [-0.1, -0.05) is 6.07 Å². The molecule has 0 spiro atoms. The number of nitrogens with one attached hydrogen (secondary N) is 2. The number of nitro groups is 1. The molecule has 27 heavy (non-hydrogen) atoms. The Labute approximate surface area is 163 Å². The van der Waals surface area contributed by atoms with Gasteiger partial charge in [-0.15, -0.1) is 0 Å². The van der Waals surface area contributed by atoms with E-state index in [0.717, 1.165) is 24.5 Å². The second kappa shape index (κ2) is 9.09. The number of amides is 1. The molecule has 0 aliphatic heterocycles. The van der Waals surface area contributed by atoms with E-state index in [-0.39, 0.29) is 16.4 Å². The van der Waals surface area contributed by atoms with Crippen LogP contribution in [0.1, 0.15) is 29.8 Å². The molecule has 0 unspecified atom stereocenters. The predicted octanol–water partition coefficient (Wildman–Crippen LogP) is 3.88. The van der Waals surface area contributed by atoms with Gasteiger partial charge in [-0.2, -0.15) is 0 Å². The molecule has 0 atom stereocenters. The number of benzene rings is 2. The molecule has 7 nitrogen and oxygen atoms in total. The van der Waals surface area contributed by atoms with E-state index in [0.29, 0.717) is 5.56 Å². The summed E-state index contributed by atoms with van der Waals surface area (Å²) in [6.45, 7) is 7.56. The molecular weight excluding hydrogens is 364 g/mol. The lowest BCUT2D eigenvalue weighted by molar-refractivity contribution is -0.385. The summed E-state index contributed by atoms with van der Waals surface area (Å²) < 4.78 is 0. The Morgan fingerprint density at radius 3 is 2.33 bits per heavy atom. The fourth-order valence-corrected chi connectivity index (χ4v) is 2.95. The molecule has 0 aliphatic rings. The second-order valence-corrected chi connectivity index (χ2v) is 6.24. The van der Waals surface area contributed by atoms with Gasteiger partial charge in [-0.3, -0.25) is 20.2 Å². The SMILES string of the molecule is CCN(CC)c1ccc(NC(=S)NC(=O)c2cccc([N+](=O)[O-])c2C)cc1. The molecule has 0 fully saturated rings. The predicted molar refractivity (Wildman–Crippen MR) is 112 cm³/mol. The third-order valence-corrected chi connectivity index (χ3v) is 4.43. The summed E-state index contributed by atoms with van der Waals surface area (Å²) in [7, 11) is 0. The van der Waals surface area contributed by atoms with Gasteiger partial charge in [-0.25, -0.2) is 0 Å². The van der Waals surface area contributed by atoms with Crippen LogP contribution in [0.2, 0.25) is 0 Å². The highest BCUT2D eigenvalue weighted by molar-refractivity contribution is 7.80. The number of hydrogen-bond acceptors (Lipinski definition) is 5. The highest BCUT2D eigenvalue weighted by Crippen LogP contribution is 2.21. The van der Waals surface area contributed by atoms with E-state index in [2.05, 4.69) is 29.4 Å². The summed E-state index contributed by atoms with van der Waals surface area (Å²) in [5.74, 6) is -0.492. The highest BCUT2D eigenvalue weighted by Gasteiger charge is 2.18. The number of nitro benzene ring substituents is 1. The highest BCUT2D eigenvalue weighted by atomic mass is 32.1. The fraction of sp³-hybridized carbons (Fsp3) is 0.263. The first-order chi connectivity index (χ1) is 12.9. The van der Waals surface area contributed by atoms with Crippen molar-refractivity contribution in [2.24, 2.45) is 0 Å². The van der Waals surface area contributed by atoms with Crippen LogP contribution < -0.4 is 15.5 Å². The minimum absolute atomic E-state index is 0.103. The van der Waals surface area contributed by atoms with Gasteiger partial charge in [0, 0.05) is 41.7 Å². The molecule has 2 aromatic carbocycles. The van der Waals surface area contributed by atoms with Crippen molar-refractivity contribution in [2.75, 3.05) is 23.3 Å². The lowest BCUT2D eigenvalue weighted by atomic mass is 10.1. The lowest BCUT2D eigenvalue weighted by Gasteiger charge is -2.21. The van der Waals surface area contributed by atoms with Crippen molar-refractivity contribution in [1.82, 2.24) is 5.32 Å². The number of rotatable bonds is 6. The fourth-order valence-electron chi connectivity index (χ4n) is 2.74. The molecule has 0 saturated carbocycles. The molecule has 0 aromatic heterocycles. The van der Waals surface area contributed by atoms with Crippen LogP contribution >= 0.6 is 12.2 Å². The van der Waals surface area contributed by atoms with E-state index in [1.807, 2.05) is 24.3 Å². The summed E-state index contributed by atoms with van der Waals surface area (Å²) >= 11 is 5.18. The number of carbonyl (C=O) groups excluding carboxylic acids is 1. The molecule has 142 valence electrons. The van der Waals surface area contributed by atoms with E-state index >= 15 is 0 Å². The quantitative estimate of drug-likeness (QED) is 0.445. The third-order valence-electron chi connectivity index (χ3n) is 4.23. The van der Waals surface area contributed by atoms with E-state index in [9.17, 15) is 14.9 Å². The normalized spacial score (nSPS) is 10.2. The van der Waals surface area contributed by atoms with Crippen LogP contribution in [0.5, 0.6) is 0 Å².